The Bertz CT molecular complexity index is 489. The minimum Gasteiger partial charge on any atom is -0.454 e. The van der Waals surface area contributed by atoms with Gasteiger partial charge >= 0.3 is 0 Å². The highest BCUT2D eigenvalue weighted by atomic mass is 79.9. The summed E-state index contributed by atoms with van der Waals surface area (Å²) >= 11 is 8.18. The molecule has 0 radical (unpaired) electrons. The van der Waals surface area contributed by atoms with Crippen LogP contribution in [-0.4, -0.2) is 9.97 Å². The van der Waals surface area contributed by atoms with E-state index in [-0.39, 0.29) is 0 Å². The number of nitrogens with one attached hydrogen (secondary N) is 1. The Kier molecular flexibility index (Phi) is 3.13. The van der Waals surface area contributed by atoms with Crippen LogP contribution in [0.3, 0.4) is 0 Å². The monoisotopic (exact) mass is 282 g/mol. The van der Waals surface area contributed by atoms with Crippen LogP contribution in [0.4, 0.5) is 0 Å². The number of rotatable bonds is 2. The molecule has 1 N–H and O–H groups in total. The Morgan fingerprint density at radius 2 is 1.93 bits per heavy atom. The Labute approximate surface area is 100 Å². The summed E-state index contributed by atoms with van der Waals surface area (Å²) in [6.45, 7) is 0. The summed E-state index contributed by atoms with van der Waals surface area (Å²) in [5, 5.41) is 0. The van der Waals surface area contributed by atoms with E-state index in [1.54, 1.807) is 12.4 Å². The van der Waals surface area contributed by atoms with Crippen molar-refractivity contribution in [1.82, 2.24) is 9.97 Å². The summed E-state index contributed by atoms with van der Waals surface area (Å²) in [5.74, 6) is 1.39. The molecule has 1 aromatic carbocycles. The van der Waals surface area contributed by atoms with Gasteiger partial charge < -0.3 is 9.72 Å². The predicted octanol–water partition coefficient (Wildman–Crippen LogP) is 3.69. The van der Waals surface area contributed by atoms with E-state index in [0.717, 1.165) is 10.2 Å². The first kappa shape index (κ1) is 10.3. The fourth-order valence-corrected chi connectivity index (χ4v) is 1.40. The molecule has 2 aromatic rings. The summed E-state index contributed by atoms with van der Waals surface area (Å²) in [4.78, 5) is 6.72. The number of aromatic nitrogens is 2. The van der Waals surface area contributed by atoms with E-state index in [4.69, 9.17) is 17.0 Å². The van der Waals surface area contributed by atoms with Gasteiger partial charge in [0.15, 0.2) is 10.5 Å². The molecular weight excluding hydrogens is 276 g/mol. The van der Waals surface area contributed by atoms with Crippen molar-refractivity contribution in [2.45, 2.75) is 0 Å². The molecule has 1 aromatic heterocycles. The second kappa shape index (κ2) is 4.55. The summed E-state index contributed by atoms with van der Waals surface area (Å²) < 4.78 is 6.98. The number of halogens is 1. The topological polar surface area (TPSA) is 37.9 Å². The quantitative estimate of drug-likeness (QED) is 0.854. The molecule has 0 unspecified atom stereocenters. The van der Waals surface area contributed by atoms with E-state index in [2.05, 4.69) is 25.9 Å². The molecule has 15 heavy (non-hydrogen) atoms. The van der Waals surface area contributed by atoms with Crippen molar-refractivity contribution in [2.24, 2.45) is 0 Å². The molecule has 0 fully saturated rings. The predicted molar refractivity (Wildman–Crippen MR) is 63.6 cm³/mol. The first-order valence-electron chi connectivity index (χ1n) is 4.22. The second-order valence-corrected chi connectivity index (χ2v) is 4.11. The van der Waals surface area contributed by atoms with Gasteiger partial charge in [-0.1, -0.05) is 15.9 Å². The van der Waals surface area contributed by atoms with Gasteiger partial charge in [0.05, 0.1) is 6.20 Å². The van der Waals surface area contributed by atoms with Crippen molar-refractivity contribution in [1.29, 1.82) is 0 Å². The van der Waals surface area contributed by atoms with E-state index in [1.165, 1.54) is 0 Å². The van der Waals surface area contributed by atoms with Crippen LogP contribution in [0.25, 0.3) is 0 Å². The van der Waals surface area contributed by atoms with Crippen LogP contribution < -0.4 is 4.74 Å². The van der Waals surface area contributed by atoms with Crippen molar-refractivity contribution in [3.63, 3.8) is 0 Å². The van der Waals surface area contributed by atoms with Gasteiger partial charge in [0, 0.05) is 10.7 Å². The summed E-state index contributed by atoms with van der Waals surface area (Å²) in [6.07, 6.45) is 3.26. The SMILES string of the molecule is S=c1ncc(Oc2ccc(Br)cc2)c[nH]1. The average molecular weight is 283 g/mol. The molecule has 0 aliphatic rings. The van der Waals surface area contributed by atoms with Crippen molar-refractivity contribution in [3.8, 4) is 11.5 Å². The van der Waals surface area contributed by atoms with Gasteiger partial charge in [-0.15, -0.1) is 0 Å². The maximum Gasteiger partial charge on any atom is 0.196 e. The minimum atomic E-state index is 0.443. The van der Waals surface area contributed by atoms with Gasteiger partial charge in [-0.25, -0.2) is 4.98 Å². The van der Waals surface area contributed by atoms with Crippen LogP contribution in [0.5, 0.6) is 11.5 Å². The van der Waals surface area contributed by atoms with E-state index in [1.807, 2.05) is 24.3 Å². The lowest BCUT2D eigenvalue weighted by Crippen LogP contribution is -1.87. The molecule has 0 aliphatic heterocycles. The molecule has 0 spiro atoms. The lowest BCUT2D eigenvalue weighted by molar-refractivity contribution is 0.477. The van der Waals surface area contributed by atoms with Crippen LogP contribution in [-0.2, 0) is 0 Å². The standard InChI is InChI=1S/C10H7BrN2OS/c11-7-1-3-8(4-2-7)14-9-5-12-10(15)13-6-9/h1-6H,(H,12,13,15). The summed E-state index contributed by atoms with van der Waals surface area (Å²) in [6, 6.07) is 7.55. The van der Waals surface area contributed by atoms with Crippen molar-refractivity contribution in [2.75, 3.05) is 0 Å². The second-order valence-electron chi connectivity index (χ2n) is 2.81. The van der Waals surface area contributed by atoms with Crippen LogP contribution in [0, 0.1) is 4.77 Å². The largest absolute Gasteiger partial charge is 0.454 e. The number of aromatic amines is 1. The third kappa shape index (κ3) is 2.87. The highest BCUT2D eigenvalue weighted by Gasteiger charge is 1.96. The molecule has 1 heterocycles. The molecule has 0 bridgehead atoms. The van der Waals surface area contributed by atoms with Gasteiger partial charge in [0.2, 0.25) is 0 Å². The Morgan fingerprint density at radius 1 is 1.20 bits per heavy atom. The molecule has 0 atom stereocenters. The number of H-pyrrole nitrogens is 1. The van der Waals surface area contributed by atoms with Gasteiger partial charge in [-0.3, -0.25) is 0 Å². The van der Waals surface area contributed by atoms with Gasteiger partial charge in [-0.2, -0.15) is 0 Å². The zero-order chi connectivity index (χ0) is 10.7. The van der Waals surface area contributed by atoms with Gasteiger partial charge in [-0.05, 0) is 36.5 Å². The molecule has 0 saturated carbocycles. The lowest BCUT2D eigenvalue weighted by Gasteiger charge is -2.04. The average Bonchev–Trinajstić information content (AvgIpc) is 2.25. The number of hydrogen-bond donors (Lipinski definition) is 1. The van der Waals surface area contributed by atoms with Crippen molar-refractivity contribution >= 4 is 28.1 Å². The molecule has 2 rings (SSSR count). The van der Waals surface area contributed by atoms with Crippen LogP contribution in [0.2, 0.25) is 0 Å². The third-order valence-corrected chi connectivity index (χ3v) is 2.45. The van der Waals surface area contributed by atoms with E-state index in [0.29, 0.717) is 10.5 Å². The third-order valence-electron chi connectivity index (χ3n) is 1.70. The number of nitrogens with zero attached hydrogens (tertiary/aromatic N) is 1. The highest BCUT2D eigenvalue weighted by molar-refractivity contribution is 9.10. The fraction of sp³-hybridized carbons (Fsp3) is 0. The Morgan fingerprint density at radius 3 is 2.53 bits per heavy atom. The summed E-state index contributed by atoms with van der Waals surface area (Å²) in [5.41, 5.74) is 0. The zero-order valence-electron chi connectivity index (χ0n) is 7.61. The zero-order valence-corrected chi connectivity index (χ0v) is 10.0. The molecule has 5 heteroatoms. The molecule has 0 aliphatic carbocycles. The maximum absolute atomic E-state index is 5.53. The molecule has 0 amide bonds. The van der Waals surface area contributed by atoms with Gasteiger partial charge in [0.1, 0.15) is 5.75 Å². The molecule has 3 nitrogen and oxygen atoms in total. The van der Waals surface area contributed by atoms with Gasteiger partial charge in [0.25, 0.3) is 0 Å². The lowest BCUT2D eigenvalue weighted by atomic mass is 10.3. The van der Waals surface area contributed by atoms with E-state index >= 15 is 0 Å². The van der Waals surface area contributed by atoms with E-state index < -0.39 is 0 Å². The smallest absolute Gasteiger partial charge is 0.196 e. The first-order chi connectivity index (χ1) is 7.24. The normalized spacial score (nSPS) is 9.93. The van der Waals surface area contributed by atoms with Crippen molar-refractivity contribution < 1.29 is 4.74 Å². The maximum atomic E-state index is 5.53. The first-order valence-corrected chi connectivity index (χ1v) is 5.42. The molecule has 0 saturated heterocycles. The summed E-state index contributed by atoms with van der Waals surface area (Å²) in [7, 11) is 0. The highest BCUT2D eigenvalue weighted by Crippen LogP contribution is 2.21. The van der Waals surface area contributed by atoms with Crippen molar-refractivity contribution in [3.05, 3.63) is 45.9 Å². The van der Waals surface area contributed by atoms with Crippen LogP contribution >= 0.6 is 28.1 Å². The van der Waals surface area contributed by atoms with E-state index in [9.17, 15) is 0 Å². The number of benzene rings is 1. The van der Waals surface area contributed by atoms with Crippen LogP contribution in [0.1, 0.15) is 0 Å². The number of hydrogen-bond acceptors (Lipinski definition) is 3. The Balaban J connectivity index is 2.18. The fourth-order valence-electron chi connectivity index (χ4n) is 1.02. The minimum absolute atomic E-state index is 0.443. The number of ether oxygens (including phenoxy) is 1. The molecule has 76 valence electrons. The van der Waals surface area contributed by atoms with Crippen LogP contribution in [0.15, 0.2) is 41.1 Å². The molecular formula is C10H7BrN2OS. The Hall–Kier alpha value is -1.20.